The zero-order chi connectivity index (χ0) is 32.8. The molecule has 0 bridgehead atoms. The van der Waals surface area contributed by atoms with Crippen LogP contribution in [0.1, 0.15) is 48.7 Å². The average Bonchev–Trinajstić information content (AvgIpc) is 3.50. The number of rotatable bonds is 6. The highest BCUT2D eigenvalue weighted by Gasteiger charge is 2.35. The molecule has 6 aromatic carbocycles. The number of hydrogen-bond donors (Lipinski definition) is 0. The summed E-state index contributed by atoms with van der Waals surface area (Å²) in [6, 6.07) is 45.8. The lowest BCUT2D eigenvalue weighted by Gasteiger charge is -2.39. The summed E-state index contributed by atoms with van der Waals surface area (Å²) in [5, 5.41) is 1.30. The maximum Gasteiger partial charge on any atom is 0.0645 e. The SMILES string of the molecule is [2H]c1c([2H])c([2H])c2c(c1[2H])c1cc(N(c3ccccc3)c3ccc(C4(c5ccccc5)CCCCC4)cc3)ccc1n2-c1ccccc1. The number of aromatic nitrogens is 1. The van der Waals surface area contributed by atoms with Crippen molar-refractivity contribution in [3.05, 3.63) is 169 Å². The fraction of sp³-hybridized carbons (Fsp3) is 0.143. The summed E-state index contributed by atoms with van der Waals surface area (Å²) < 4.78 is 36.9. The first kappa shape index (κ1) is 22.5. The van der Waals surface area contributed by atoms with Crippen molar-refractivity contribution < 1.29 is 5.48 Å². The third-order valence-electron chi connectivity index (χ3n) is 9.38. The quantitative estimate of drug-likeness (QED) is 0.192. The standard InChI is InChI=1S/C42H36N2/c1-5-15-32(16-6-1)42(29-13-4-14-30-42)33-23-25-36(26-24-33)43(34-17-7-2-8-18-34)37-27-28-41-39(31-37)38-21-11-12-22-40(38)44(41)35-19-9-3-10-20-35/h1-3,5-12,15-28,31H,4,13-14,29-30H2/i11D,12D,21D,22D. The molecule has 2 heteroatoms. The van der Waals surface area contributed by atoms with Gasteiger partial charge in [-0.3, -0.25) is 0 Å². The largest absolute Gasteiger partial charge is 0.310 e. The van der Waals surface area contributed by atoms with E-state index in [9.17, 15) is 0 Å². The van der Waals surface area contributed by atoms with Gasteiger partial charge in [-0.15, -0.1) is 0 Å². The molecule has 1 saturated carbocycles. The van der Waals surface area contributed by atoms with E-state index < -0.39 is 0 Å². The molecule has 8 rings (SSSR count). The van der Waals surface area contributed by atoms with Gasteiger partial charge in [0, 0.05) is 38.9 Å². The molecule has 0 N–H and O–H groups in total. The van der Waals surface area contributed by atoms with Crippen molar-refractivity contribution in [3.63, 3.8) is 0 Å². The molecular weight excluding hydrogens is 532 g/mol. The first-order valence-corrected chi connectivity index (χ1v) is 15.6. The number of fused-ring (bicyclic) bond motifs is 3. The minimum Gasteiger partial charge on any atom is -0.310 e. The third kappa shape index (κ3) is 4.50. The molecule has 0 atom stereocenters. The predicted molar refractivity (Wildman–Crippen MR) is 186 cm³/mol. The lowest BCUT2D eigenvalue weighted by Crippen LogP contribution is -2.30. The smallest absolute Gasteiger partial charge is 0.0645 e. The molecule has 1 aliphatic rings. The summed E-state index contributed by atoms with van der Waals surface area (Å²) in [5.74, 6) is 0. The van der Waals surface area contributed by atoms with Crippen molar-refractivity contribution in [2.24, 2.45) is 0 Å². The van der Waals surface area contributed by atoms with Gasteiger partial charge in [-0.05, 0) is 84.6 Å². The first-order valence-electron chi connectivity index (χ1n) is 17.6. The summed E-state index contributed by atoms with van der Waals surface area (Å²) in [6.07, 6.45) is 6.02. The molecule has 44 heavy (non-hydrogen) atoms. The van der Waals surface area contributed by atoms with Gasteiger partial charge in [0.25, 0.3) is 0 Å². The van der Waals surface area contributed by atoms with E-state index in [1.165, 1.54) is 30.4 Å². The van der Waals surface area contributed by atoms with Gasteiger partial charge in [-0.25, -0.2) is 0 Å². The number of anilines is 3. The van der Waals surface area contributed by atoms with Gasteiger partial charge in [0.05, 0.1) is 16.5 Å². The highest BCUT2D eigenvalue weighted by atomic mass is 15.1. The fourth-order valence-corrected chi connectivity index (χ4v) is 7.30. The number of benzene rings is 6. The van der Waals surface area contributed by atoms with Gasteiger partial charge in [0.2, 0.25) is 0 Å². The summed E-state index contributed by atoms with van der Waals surface area (Å²) in [5.41, 5.74) is 7.86. The molecule has 7 aromatic rings. The number of para-hydroxylation sites is 3. The van der Waals surface area contributed by atoms with Crippen LogP contribution < -0.4 is 4.90 Å². The molecule has 0 aliphatic heterocycles. The van der Waals surface area contributed by atoms with Gasteiger partial charge in [0.1, 0.15) is 0 Å². The number of hydrogen-bond acceptors (Lipinski definition) is 1. The second-order valence-corrected chi connectivity index (χ2v) is 11.8. The molecular formula is C42H36N2. The maximum atomic E-state index is 8.98. The van der Waals surface area contributed by atoms with Crippen molar-refractivity contribution in [2.75, 3.05) is 4.90 Å². The van der Waals surface area contributed by atoms with E-state index in [-0.39, 0.29) is 29.6 Å². The molecule has 1 heterocycles. The molecule has 1 aromatic heterocycles. The Balaban J connectivity index is 1.32. The van der Waals surface area contributed by atoms with Gasteiger partial charge < -0.3 is 9.47 Å². The zero-order valence-corrected chi connectivity index (χ0v) is 24.6. The predicted octanol–water partition coefficient (Wildman–Crippen LogP) is 11.5. The van der Waals surface area contributed by atoms with Gasteiger partial charge >= 0.3 is 0 Å². The molecule has 0 amide bonds. The molecule has 0 saturated heterocycles. The molecule has 0 spiro atoms. The van der Waals surface area contributed by atoms with Crippen LogP contribution in [0.3, 0.4) is 0 Å². The minimum absolute atomic E-state index is 0.0109. The highest BCUT2D eigenvalue weighted by molar-refractivity contribution is 6.10. The fourth-order valence-electron chi connectivity index (χ4n) is 7.30. The minimum atomic E-state index is -0.232. The summed E-state index contributed by atoms with van der Waals surface area (Å²) in [6.45, 7) is 0. The molecule has 2 nitrogen and oxygen atoms in total. The lowest BCUT2D eigenvalue weighted by atomic mass is 9.65. The molecule has 0 unspecified atom stereocenters. The number of nitrogens with zero attached hydrogens (tertiary/aromatic N) is 2. The van der Waals surface area contributed by atoms with E-state index in [0.29, 0.717) is 10.9 Å². The second kappa shape index (κ2) is 11.2. The van der Waals surface area contributed by atoms with Crippen LogP contribution in [0.5, 0.6) is 0 Å². The Bertz CT molecular complexity index is 2240. The normalized spacial score (nSPS) is 15.8. The Kier molecular flexibility index (Phi) is 5.72. The molecule has 1 fully saturated rings. The van der Waals surface area contributed by atoms with Crippen LogP contribution in [0.25, 0.3) is 27.5 Å². The van der Waals surface area contributed by atoms with E-state index in [1.807, 2.05) is 59.2 Å². The van der Waals surface area contributed by atoms with Crippen LogP contribution in [0, 0.1) is 0 Å². The lowest BCUT2D eigenvalue weighted by molar-refractivity contribution is 0.346. The Labute approximate surface area is 265 Å². The van der Waals surface area contributed by atoms with E-state index in [4.69, 9.17) is 5.48 Å². The molecule has 0 radical (unpaired) electrons. The van der Waals surface area contributed by atoms with E-state index in [0.717, 1.165) is 46.5 Å². The third-order valence-corrected chi connectivity index (χ3v) is 9.38. The van der Waals surface area contributed by atoms with Gasteiger partial charge in [0.15, 0.2) is 0 Å². The van der Waals surface area contributed by atoms with Crippen molar-refractivity contribution >= 4 is 38.9 Å². The first-order chi connectivity index (χ1) is 23.5. The Hall–Kier alpha value is -5.08. The van der Waals surface area contributed by atoms with Crippen molar-refractivity contribution in [1.29, 1.82) is 0 Å². The Morgan fingerprint density at radius 3 is 1.84 bits per heavy atom. The van der Waals surface area contributed by atoms with Crippen molar-refractivity contribution in [2.45, 2.75) is 37.5 Å². The summed E-state index contributed by atoms with van der Waals surface area (Å²) in [4.78, 5) is 2.23. The maximum absolute atomic E-state index is 8.98. The molecule has 214 valence electrons. The van der Waals surface area contributed by atoms with Gasteiger partial charge in [-0.1, -0.05) is 116 Å². The van der Waals surface area contributed by atoms with Crippen LogP contribution in [-0.2, 0) is 5.41 Å². The Morgan fingerprint density at radius 2 is 1.11 bits per heavy atom. The van der Waals surface area contributed by atoms with E-state index >= 15 is 0 Å². The second-order valence-electron chi connectivity index (χ2n) is 11.8. The van der Waals surface area contributed by atoms with Crippen molar-refractivity contribution in [1.82, 2.24) is 4.57 Å². The van der Waals surface area contributed by atoms with Gasteiger partial charge in [-0.2, -0.15) is 0 Å². The van der Waals surface area contributed by atoms with Crippen LogP contribution in [0.4, 0.5) is 17.1 Å². The van der Waals surface area contributed by atoms with E-state index in [1.54, 1.807) is 0 Å². The van der Waals surface area contributed by atoms with Crippen LogP contribution in [0.2, 0.25) is 0 Å². The Morgan fingerprint density at radius 1 is 0.523 bits per heavy atom. The van der Waals surface area contributed by atoms with Crippen LogP contribution >= 0.6 is 0 Å². The van der Waals surface area contributed by atoms with Crippen molar-refractivity contribution in [3.8, 4) is 5.69 Å². The van der Waals surface area contributed by atoms with E-state index in [2.05, 4.69) is 83.8 Å². The zero-order valence-electron chi connectivity index (χ0n) is 28.6. The monoisotopic (exact) mass is 572 g/mol. The average molecular weight is 573 g/mol. The molecule has 1 aliphatic carbocycles. The highest BCUT2D eigenvalue weighted by Crippen LogP contribution is 2.46. The summed E-state index contributed by atoms with van der Waals surface area (Å²) >= 11 is 0. The topological polar surface area (TPSA) is 8.17 Å². The summed E-state index contributed by atoms with van der Waals surface area (Å²) in [7, 11) is 0. The van der Waals surface area contributed by atoms with Crippen LogP contribution in [0.15, 0.2) is 158 Å². The van der Waals surface area contributed by atoms with Crippen LogP contribution in [-0.4, -0.2) is 4.57 Å².